The number of hydrogen-bond acceptors (Lipinski definition) is 2. The minimum absolute atomic E-state index is 0.278. The minimum atomic E-state index is 0.278. The molecule has 0 radical (unpaired) electrons. The van der Waals surface area contributed by atoms with Crippen LogP contribution in [0.1, 0.15) is 64.9 Å². The van der Waals surface area contributed by atoms with E-state index in [1.807, 2.05) is 6.08 Å². The van der Waals surface area contributed by atoms with E-state index in [2.05, 4.69) is 56.5 Å². The van der Waals surface area contributed by atoms with Gasteiger partial charge in [0.2, 0.25) is 0 Å². The molecule has 0 N–H and O–H groups in total. The van der Waals surface area contributed by atoms with Crippen LogP contribution in [-0.4, -0.2) is 31.1 Å². The normalized spacial score (nSPS) is 27.2. The second-order valence-corrected chi connectivity index (χ2v) is 7.68. The largest absolute Gasteiger partial charge is 0.497 e. The summed E-state index contributed by atoms with van der Waals surface area (Å²) in [7, 11) is 1.77. The fraction of sp³-hybridized carbons (Fsp3) is 0.652. The quantitative estimate of drug-likeness (QED) is 0.414. The summed E-state index contributed by atoms with van der Waals surface area (Å²) in [6.45, 7) is 13.4. The maximum absolute atomic E-state index is 5.51. The zero-order valence-corrected chi connectivity index (χ0v) is 16.8. The molecule has 1 heterocycles. The number of unbranched alkanes of at least 4 members (excludes halogenated alkanes) is 2. The van der Waals surface area contributed by atoms with E-state index < -0.39 is 0 Å². The molecule has 3 atom stereocenters. The maximum atomic E-state index is 5.51. The van der Waals surface area contributed by atoms with Gasteiger partial charge in [-0.05, 0) is 69.2 Å². The first-order chi connectivity index (χ1) is 12.1. The molecule has 0 bridgehead atoms. The fourth-order valence-corrected chi connectivity index (χ4v) is 4.82. The molecule has 2 nitrogen and oxygen atoms in total. The van der Waals surface area contributed by atoms with Gasteiger partial charge < -0.3 is 9.64 Å². The summed E-state index contributed by atoms with van der Waals surface area (Å²) in [5, 5.41) is 0. The van der Waals surface area contributed by atoms with Gasteiger partial charge in [-0.25, -0.2) is 0 Å². The Hall–Kier alpha value is -1.28. The van der Waals surface area contributed by atoms with Crippen LogP contribution in [-0.2, 0) is 5.41 Å². The predicted molar refractivity (Wildman–Crippen MR) is 108 cm³/mol. The Morgan fingerprint density at radius 2 is 2.12 bits per heavy atom. The molecular weight excluding hydrogens is 306 g/mol. The molecule has 0 aliphatic carbocycles. The number of nitrogens with zero attached hydrogens (tertiary/aromatic N) is 1. The molecule has 3 unspecified atom stereocenters. The Morgan fingerprint density at radius 3 is 2.76 bits per heavy atom. The third-order valence-electron chi connectivity index (χ3n) is 6.39. The van der Waals surface area contributed by atoms with E-state index in [9.17, 15) is 0 Å². The molecule has 25 heavy (non-hydrogen) atoms. The second-order valence-electron chi connectivity index (χ2n) is 7.68. The smallest absolute Gasteiger partial charge is 0.119 e. The van der Waals surface area contributed by atoms with Crippen molar-refractivity contribution >= 4 is 0 Å². The fourth-order valence-electron chi connectivity index (χ4n) is 4.82. The minimum Gasteiger partial charge on any atom is -0.497 e. The lowest BCUT2D eigenvalue weighted by atomic mass is 9.61. The van der Waals surface area contributed by atoms with Crippen molar-refractivity contribution in [1.82, 2.24) is 4.90 Å². The number of methoxy groups -OCH3 is 1. The van der Waals surface area contributed by atoms with E-state index in [4.69, 9.17) is 4.74 Å². The van der Waals surface area contributed by atoms with Crippen molar-refractivity contribution in [2.24, 2.45) is 5.92 Å². The first-order valence-corrected chi connectivity index (χ1v) is 10.1. The Bertz CT molecular complexity index is 541. The van der Waals surface area contributed by atoms with Crippen molar-refractivity contribution in [2.45, 2.75) is 70.8 Å². The number of rotatable bonds is 9. The molecule has 1 aromatic carbocycles. The van der Waals surface area contributed by atoms with Crippen LogP contribution >= 0.6 is 0 Å². The third-order valence-corrected chi connectivity index (χ3v) is 6.39. The van der Waals surface area contributed by atoms with E-state index in [1.165, 1.54) is 50.8 Å². The van der Waals surface area contributed by atoms with Crippen LogP contribution < -0.4 is 4.74 Å². The highest BCUT2D eigenvalue weighted by atomic mass is 16.5. The highest BCUT2D eigenvalue weighted by molar-refractivity contribution is 5.35. The predicted octanol–water partition coefficient (Wildman–Crippen LogP) is 5.82. The van der Waals surface area contributed by atoms with Gasteiger partial charge in [-0.15, -0.1) is 6.58 Å². The van der Waals surface area contributed by atoms with Gasteiger partial charge >= 0.3 is 0 Å². The van der Waals surface area contributed by atoms with Crippen LogP contribution in [0.15, 0.2) is 36.9 Å². The molecule has 0 saturated carbocycles. The van der Waals surface area contributed by atoms with Crippen LogP contribution in [0.5, 0.6) is 5.75 Å². The van der Waals surface area contributed by atoms with Crippen LogP contribution in [0, 0.1) is 5.92 Å². The average molecular weight is 344 g/mol. The number of benzene rings is 1. The van der Waals surface area contributed by atoms with Crippen LogP contribution in [0.4, 0.5) is 0 Å². The molecule has 0 spiro atoms. The standard InChI is InChI=1S/C23H37NO/c1-6-9-10-11-15-24-18-20(7-2)23(8-3,17-19(24)4)21-13-12-14-22(16-21)25-5/h6,12-14,16,19-20H,1,7-11,15,17-18H2,2-5H3. The zero-order valence-electron chi connectivity index (χ0n) is 16.8. The lowest BCUT2D eigenvalue weighted by Gasteiger charge is -2.51. The molecule has 0 amide bonds. The zero-order chi connectivity index (χ0) is 18.3. The Labute approximate surface area is 155 Å². The first-order valence-electron chi connectivity index (χ1n) is 10.1. The number of hydrogen-bond donors (Lipinski definition) is 0. The molecule has 1 fully saturated rings. The Morgan fingerprint density at radius 1 is 1.32 bits per heavy atom. The molecule has 140 valence electrons. The summed E-state index contributed by atoms with van der Waals surface area (Å²) < 4.78 is 5.51. The van der Waals surface area contributed by atoms with Crippen molar-refractivity contribution in [3.8, 4) is 5.75 Å². The average Bonchev–Trinajstić information content (AvgIpc) is 2.65. The summed E-state index contributed by atoms with van der Waals surface area (Å²) in [5.41, 5.74) is 1.75. The molecule has 1 aliphatic rings. The van der Waals surface area contributed by atoms with Gasteiger partial charge in [0, 0.05) is 18.0 Å². The number of piperidine rings is 1. The second kappa shape index (κ2) is 9.43. The number of ether oxygens (including phenoxy) is 1. The molecule has 1 saturated heterocycles. The summed E-state index contributed by atoms with van der Waals surface area (Å²) >= 11 is 0. The van der Waals surface area contributed by atoms with Gasteiger partial charge in [-0.2, -0.15) is 0 Å². The third kappa shape index (κ3) is 4.47. The molecule has 1 aromatic rings. The Kier molecular flexibility index (Phi) is 7.56. The van der Waals surface area contributed by atoms with Gasteiger partial charge in [0.15, 0.2) is 0 Å². The summed E-state index contributed by atoms with van der Waals surface area (Å²) in [5.74, 6) is 1.69. The van der Waals surface area contributed by atoms with Crippen molar-refractivity contribution in [3.05, 3.63) is 42.5 Å². The Balaban J connectivity index is 2.19. The number of allylic oxidation sites excluding steroid dienone is 1. The maximum Gasteiger partial charge on any atom is 0.119 e. The molecule has 2 heteroatoms. The van der Waals surface area contributed by atoms with Gasteiger partial charge in [0.1, 0.15) is 5.75 Å². The van der Waals surface area contributed by atoms with Crippen molar-refractivity contribution in [2.75, 3.05) is 20.2 Å². The first kappa shape index (κ1) is 20.0. The summed E-state index contributed by atoms with van der Waals surface area (Å²) in [6, 6.07) is 9.45. The van der Waals surface area contributed by atoms with Gasteiger partial charge in [-0.1, -0.05) is 38.5 Å². The van der Waals surface area contributed by atoms with Crippen LogP contribution in [0.25, 0.3) is 0 Å². The van der Waals surface area contributed by atoms with Gasteiger partial charge in [-0.3, -0.25) is 0 Å². The molecule has 2 rings (SSSR count). The molecule has 1 aliphatic heterocycles. The van der Waals surface area contributed by atoms with E-state index in [-0.39, 0.29) is 5.41 Å². The summed E-state index contributed by atoms with van der Waals surface area (Å²) in [6.07, 6.45) is 9.41. The lowest BCUT2D eigenvalue weighted by molar-refractivity contribution is 0.0404. The SMILES string of the molecule is C=CCCCCN1CC(CC)C(CC)(c2cccc(OC)c2)CC1C. The molecule has 0 aromatic heterocycles. The van der Waals surface area contributed by atoms with Crippen molar-refractivity contribution < 1.29 is 4.74 Å². The summed E-state index contributed by atoms with van der Waals surface area (Å²) in [4.78, 5) is 2.73. The van der Waals surface area contributed by atoms with Crippen LogP contribution in [0.3, 0.4) is 0 Å². The van der Waals surface area contributed by atoms with Gasteiger partial charge in [0.25, 0.3) is 0 Å². The monoisotopic (exact) mass is 343 g/mol. The lowest BCUT2D eigenvalue weighted by Crippen LogP contribution is -2.53. The highest BCUT2D eigenvalue weighted by Gasteiger charge is 2.44. The van der Waals surface area contributed by atoms with E-state index in [1.54, 1.807) is 7.11 Å². The van der Waals surface area contributed by atoms with E-state index >= 15 is 0 Å². The molecular formula is C23H37NO. The topological polar surface area (TPSA) is 12.5 Å². The van der Waals surface area contributed by atoms with Crippen LogP contribution in [0.2, 0.25) is 0 Å². The van der Waals surface area contributed by atoms with E-state index in [0.29, 0.717) is 12.0 Å². The van der Waals surface area contributed by atoms with Crippen molar-refractivity contribution in [1.29, 1.82) is 0 Å². The highest BCUT2D eigenvalue weighted by Crippen LogP contribution is 2.46. The van der Waals surface area contributed by atoms with Gasteiger partial charge in [0.05, 0.1) is 7.11 Å². The van der Waals surface area contributed by atoms with Crippen molar-refractivity contribution in [3.63, 3.8) is 0 Å². The number of likely N-dealkylation sites (tertiary alicyclic amines) is 1. The van der Waals surface area contributed by atoms with E-state index in [0.717, 1.165) is 12.2 Å².